The number of hydrogen-bond acceptors (Lipinski definition) is 6. The summed E-state index contributed by atoms with van der Waals surface area (Å²) in [7, 11) is 0. The van der Waals surface area contributed by atoms with E-state index in [0.29, 0.717) is 32.1 Å². The molecule has 36 heavy (non-hydrogen) atoms. The largest absolute Gasteiger partial charge is 0.463 e. The highest BCUT2D eigenvalue weighted by Gasteiger charge is 2.35. The van der Waals surface area contributed by atoms with Gasteiger partial charge >= 0.3 is 5.97 Å². The molecule has 0 unspecified atom stereocenters. The first-order chi connectivity index (χ1) is 17.4. The number of benzene rings is 2. The van der Waals surface area contributed by atoms with Gasteiger partial charge in [0.15, 0.2) is 4.80 Å². The minimum Gasteiger partial charge on any atom is -0.463 e. The third-order valence-corrected chi connectivity index (χ3v) is 7.43. The Morgan fingerprint density at radius 1 is 1.11 bits per heavy atom. The third kappa shape index (κ3) is 4.54. The number of ether oxygens (including phenoxy) is 1. The summed E-state index contributed by atoms with van der Waals surface area (Å²) in [6.45, 7) is 5.73. The van der Waals surface area contributed by atoms with Gasteiger partial charge in [-0.2, -0.15) is 0 Å². The molecule has 1 aliphatic heterocycles. The molecule has 0 radical (unpaired) electrons. The number of carbonyl (C=O) groups is 1. The number of nitrogens with zero attached hydrogens (tertiary/aromatic N) is 2. The minimum atomic E-state index is -0.787. The fourth-order valence-electron chi connectivity index (χ4n) is 4.14. The van der Waals surface area contributed by atoms with Crippen LogP contribution < -0.4 is 14.9 Å². The van der Waals surface area contributed by atoms with Gasteiger partial charge in [-0.05, 0) is 56.7 Å². The molecule has 8 heteroatoms. The average Bonchev–Trinajstić information content (AvgIpc) is 3.45. The van der Waals surface area contributed by atoms with E-state index in [-0.39, 0.29) is 12.2 Å². The van der Waals surface area contributed by atoms with Crippen molar-refractivity contribution in [1.29, 1.82) is 0 Å². The van der Waals surface area contributed by atoms with Gasteiger partial charge < -0.3 is 9.15 Å². The van der Waals surface area contributed by atoms with E-state index in [1.54, 1.807) is 19.9 Å². The van der Waals surface area contributed by atoms with Crippen LogP contribution in [0, 0.1) is 6.92 Å². The van der Waals surface area contributed by atoms with Crippen LogP contribution in [-0.2, 0) is 9.53 Å². The van der Waals surface area contributed by atoms with Gasteiger partial charge in [0.25, 0.3) is 5.56 Å². The van der Waals surface area contributed by atoms with Gasteiger partial charge in [-0.25, -0.2) is 9.79 Å². The standard InChI is InChI=1S/C28H23BrN2O4S/c1-4-34-27(33)24-17(3)30-28-31(26(32)23(36-28)15-18-7-5-16(2)6-8-18)25(24)22-14-13-21(35-22)19-9-11-20(29)12-10-19/h5-15,25H,4H2,1-3H3/b23-15-/t25-/m1/s1. The molecule has 182 valence electrons. The molecule has 0 aliphatic carbocycles. The first-order valence-corrected chi connectivity index (χ1v) is 13.1. The van der Waals surface area contributed by atoms with E-state index in [0.717, 1.165) is 21.2 Å². The number of hydrogen-bond donors (Lipinski definition) is 0. The maximum Gasteiger partial charge on any atom is 0.338 e. The van der Waals surface area contributed by atoms with Gasteiger partial charge in [-0.1, -0.05) is 69.2 Å². The molecular formula is C28H23BrN2O4S. The van der Waals surface area contributed by atoms with Crippen LogP contribution in [0.3, 0.4) is 0 Å². The lowest BCUT2D eigenvalue weighted by Crippen LogP contribution is -2.39. The Bertz CT molecular complexity index is 1660. The molecule has 0 amide bonds. The summed E-state index contributed by atoms with van der Waals surface area (Å²) in [6.07, 6.45) is 1.85. The van der Waals surface area contributed by atoms with Crippen LogP contribution in [0.4, 0.5) is 0 Å². The van der Waals surface area contributed by atoms with Crippen LogP contribution in [0.2, 0.25) is 0 Å². The van der Waals surface area contributed by atoms with Crippen molar-refractivity contribution >= 4 is 39.3 Å². The zero-order chi connectivity index (χ0) is 25.4. The van der Waals surface area contributed by atoms with Crippen molar-refractivity contribution in [3.63, 3.8) is 0 Å². The normalized spacial score (nSPS) is 15.6. The van der Waals surface area contributed by atoms with Gasteiger partial charge in [-0.3, -0.25) is 9.36 Å². The van der Waals surface area contributed by atoms with Crippen molar-refractivity contribution in [1.82, 2.24) is 4.57 Å². The van der Waals surface area contributed by atoms with E-state index >= 15 is 0 Å². The molecule has 1 atom stereocenters. The molecule has 4 aromatic rings. The Balaban J connectivity index is 1.68. The number of allylic oxidation sites excluding steroid dienone is 1. The van der Waals surface area contributed by atoms with Crippen molar-refractivity contribution in [2.24, 2.45) is 4.99 Å². The predicted octanol–water partition coefficient (Wildman–Crippen LogP) is 5.13. The van der Waals surface area contributed by atoms with Crippen molar-refractivity contribution < 1.29 is 13.9 Å². The quantitative estimate of drug-likeness (QED) is 0.316. The van der Waals surface area contributed by atoms with Crippen LogP contribution in [0.5, 0.6) is 0 Å². The highest BCUT2D eigenvalue weighted by atomic mass is 79.9. The second-order valence-corrected chi connectivity index (χ2v) is 10.3. The zero-order valence-electron chi connectivity index (χ0n) is 19.9. The lowest BCUT2D eigenvalue weighted by Gasteiger charge is -2.22. The topological polar surface area (TPSA) is 73.8 Å². The fraction of sp³-hybridized carbons (Fsp3) is 0.179. The number of aromatic nitrogens is 1. The smallest absolute Gasteiger partial charge is 0.338 e. The third-order valence-electron chi connectivity index (χ3n) is 5.92. The second kappa shape index (κ2) is 9.87. The van der Waals surface area contributed by atoms with E-state index in [1.165, 1.54) is 15.9 Å². The Labute approximate surface area is 220 Å². The molecule has 0 saturated carbocycles. The van der Waals surface area contributed by atoms with Gasteiger partial charge in [0, 0.05) is 10.0 Å². The fourth-order valence-corrected chi connectivity index (χ4v) is 5.45. The highest BCUT2D eigenvalue weighted by molar-refractivity contribution is 9.10. The molecular weight excluding hydrogens is 540 g/mol. The summed E-state index contributed by atoms with van der Waals surface area (Å²) in [6, 6.07) is 18.5. The monoisotopic (exact) mass is 562 g/mol. The van der Waals surface area contributed by atoms with E-state index in [4.69, 9.17) is 9.15 Å². The van der Waals surface area contributed by atoms with Gasteiger partial charge in [0.1, 0.15) is 17.6 Å². The Kier molecular flexibility index (Phi) is 6.64. The number of halogens is 1. The highest BCUT2D eigenvalue weighted by Crippen LogP contribution is 2.34. The van der Waals surface area contributed by atoms with Gasteiger partial charge in [-0.15, -0.1) is 0 Å². The number of furan rings is 1. The van der Waals surface area contributed by atoms with Gasteiger partial charge in [0.2, 0.25) is 0 Å². The van der Waals surface area contributed by atoms with Crippen molar-refractivity contribution in [3.05, 3.63) is 113 Å². The van der Waals surface area contributed by atoms with Crippen LogP contribution in [0.1, 0.15) is 36.8 Å². The van der Waals surface area contributed by atoms with E-state index in [9.17, 15) is 9.59 Å². The van der Waals surface area contributed by atoms with Crippen LogP contribution in [0.25, 0.3) is 17.4 Å². The zero-order valence-corrected chi connectivity index (χ0v) is 22.4. The van der Waals surface area contributed by atoms with Gasteiger partial charge in [0.05, 0.1) is 22.4 Å². The van der Waals surface area contributed by atoms with Crippen molar-refractivity contribution in [2.45, 2.75) is 26.8 Å². The Morgan fingerprint density at radius 2 is 1.83 bits per heavy atom. The number of esters is 1. The SMILES string of the molecule is CCOC(=O)C1=C(C)N=c2s/c(=C\c3ccc(C)cc3)c(=O)n2[C@@H]1c1ccc(-c2ccc(Br)cc2)o1. The number of thiazole rings is 1. The number of rotatable bonds is 5. The van der Waals surface area contributed by atoms with E-state index < -0.39 is 12.0 Å². The molecule has 6 nitrogen and oxygen atoms in total. The molecule has 2 aromatic heterocycles. The summed E-state index contributed by atoms with van der Waals surface area (Å²) in [5, 5.41) is 0. The number of carbonyl (C=O) groups excluding carboxylic acids is 1. The molecule has 2 aromatic carbocycles. The first-order valence-electron chi connectivity index (χ1n) is 11.5. The Morgan fingerprint density at radius 3 is 2.53 bits per heavy atom. The van der Waals surface area contributed by atoms with Crippen molar-refractivity contribution in [3.8, 4) is 11.3 Å². The maximum atomic E-state index is 13.7. The Hall–Kier alpha value is -3.49. The second-order valence-electron chi connectivity index (χ2n) is 8.42. The summed E-state index contributed by atoms with van der Waals surface area (Å²) in [5.41, 5.74) is 3.50. The van der Waals surface area contributed by atoms with Crippen molar-refractivity contribution in [2.75, 3.05) is 6.61 Å². The molecule has 3 heterocycles. The molecule has 0 fully saturated rings. The predicted molar refractivity (Wildman–Crippen MR) is 143 cm³/mol. The molecule has 0 N–H and O–H groups in total. The van der Waals surface area contributed by atoms with E-state index in [1.807, 2.05) is 67.6 Å². The molecule has 0 saturated heterocycles. The molecule has 1 aliphatic rings. The molecule has 0 spiro atoms. The lowest BCUT2D eigenvalue weighted by molar-refractivity contribution is -0.139. The number of aryl methyl sites for hydroxylation is 1. The average molecular weight is 563 g/mol. The maximum absolute atomic E-state index is 13.7. The summed E-state index contributed by atoms with van der Waals surface area (Å²) >= 11 is 4.74. The summed E-state index contributed by atoms with van der Waals surface area (Å²) in [4.78, 5) is 31.8. The lowest BCUT2D eigenvalue weighted by atomic mass is 10.0. The summed E-state index contributed by atoms with van der Waals surface area (Å²) < 4.78 is 14.6. The van der Waals surface area contributed by atoms with Crippen LogP contribution in [-0.4, -0.2) is 17.1 Å². The van der Waals surface area contributed by atoms with E-state index in [2.05, 4.69) is 20.9 Å². The molecule has 5 rings (SSSR count). The van der Waals surface area contributed by atoms with Crippen LogP contribution in [0.15, 0.2) is 90.6 Å². The number of fused-ring (bicyclic) bond motifs is 1. The molecule has 0 bridgehead atoms. The van der Waals surface area contributed by atoms with Crippen LogP contribution >= 0.6 is 27.3 Å². The first kappa shape index (κ1) is 24.2. The summed E-state index contributed by atoms with van der Waals surface area (Å²) in [5.74, 6) is 0.587. The minimum absolute atomic E-state index is 0.211.